The minimum absolute atomic E-state index is 0.0968. The predicted octanol–water partition coefficient (Wildman–Crippen LogP) is 1.87. The molecule has 6 heteroatoms. The molecule has 6 nitrogen and oxygen atoms in total. The third kappa shape index (κ3) is 4.33. The number of carbonyl (C=O) groups is 1. The number of hydrogen-bond donors (Lipinski definition) is 3. The summed E-state index contributed by atoms with van der Waals surface area (Å²) in [5.74, 6) is 1.82. The largest absolute Gasteiger partial charge is 0.497 e. The second kappa shape index (κ2) is 8.69. The summed E-state index contributed by atoms with van der Waals surface area (Å²) < 4.78 is 10.7. The first-order valence-electron chi connectivity index (χ1n) is 8.76. The molecule has 0 unspecified atom stereocenters. The Bertz CT molecular complexity index is 758. The molecule has 0 bridgehead atoms. The standard InChI is InChI=1S/C20H25N3O3/c1-25-17-5-3-4-14(10-17)8-9-21-20(24)15-6-7-18(19(11-15)26-2)16-12-22-23-13-16/h3-7,10-11,16,22-23H,8-9,12-13H2,1-2H3,(H,21,24). The zero-order chi connectivity index (χ0) is 18.4. The van der Waals surface area contributed by atoms with Gasteiger partial charge in [-0.2, -0.15) is 0 Å². The lowest BCUT2D eigenvalue weighted by atomic mass is 9.97. The molecule has 1 amide bonds. The van der Waals surface area contributed by atoms with Gasteiger partial charge in [0.15, 0.2) is 0 Å². The Morgan fingerprint density at radius 3 is 2.65 bits per heavy atom. The Kier molecular flexibility index (Phi) is 6.09. The number of benzene rings is 2. The molecule has 3 rings (SSSR count). The lowest BCUT2D eigenvalue weighted by Crippen LogP contribution is -2.25. The van der Waals surface area contributed by atoms with E-state index in [2.05, 4.69) is 16.2 Å². The predicted molar refractivity (Wildman–Crippen MR) is 101 cm³/mol. The fraction of sp³-hybridized carbons (Fsp3) is 0.350. The van der Waals surface area contributed by atoms with E-state index < -0.39 is 0 Å². The summed E-state index contributed by atoms with van der Waals surface area (Å²) in [4.78, 5) is 12.4. The van der Waals surface area contributed by atoms with Crippen LogP contribution in [0, 0.1) is 0 Å². The van der Waals surface area contributed by atoms with E-state index >= 15 is 0 Å². The molecule has 138 valence electrons. The molecule has 0 spiro atoms. The highest BCUT2D eigenvalue weighted by Gasteiger charge is 2.21. The smallest absolute Gasteiger partial charge is 0.251 e. The lowest BCUT2D eigenvalue weighted by molar-refractivity contribution is 0.0953. The minimum atomic E-state index is -0.0968. The average molecular weight is 355 g/mol. The molecule has 0 aliphatic carbocycles. The molecule has 1 aliphatic heterocycles. The number of ether oxygens (including phenoxy) is 2. The molecule has 2 aromatic rings. The van der Waals surface area contributed by atoms with Gasteiger partial charge in [0.05, 0.1) is 14.2 Å². The second-order valence-corrected chi connectivity index (χ2v) is 6.27. The topological polar surface area (TPSA) is 71.6 Å². The van der Waals surface area contributed by atoms with Crippen LogP contribution in [0.5, 0.6) is 11.5 Å². The summed E-state index contributed by atoms with van der Waals surface area (Å²) in [5, 5.41) is 2.97. The van der Waals surface area contributed by atoms with Crippen molar-refractivity contribution in [3.8, 4) is 11.5 Å². The van der Waals surface area contributed by atoms with Gasteiger partial charge in [0.1, 0.15) is 11.5 Å². The van der Waals surface area contributed by atoms with Crippen molar-refractivity contribution in [2.24, 2.45) is 0 Å². The van der Waals surface area contributed by atoms with Gasteiger partial charge in [-0.15, -0.1) is 0 Å². The number of hydrazine groups is 1. The summed E-state index contributed by atoms with van der Waals surface area (Å²) in [6.07, 6.45) is 0.748. The summed E-state index contributed by atoms with van der Waals surface area (Å²) >= 11 is 0. The minimum Gasteiger partial charge on any atom is -0.497 e. The van der Waals surface area contributed by atoms with E-state index in [0.29, 0.717) is 18.0 Å². The highest BCUT2D eigenvalue weighted by Crippen LogP contribution is 2.28. The molecule has 0 aromatic heterocycles. The monoisotopic (exact) mass is 355 g/mol. The third-order valence-corrected chi connectivity index (χ3v) is 4.59. The molecule has 0 radical (unpaired) electrons. The van der Waals surface area contributed by atoms with Crippen molar-refractivity contribution in [3.63, 3.8) is 0 Å². The SMILES string of the molecule is COc1cccc(CCNC(=O)c2ccc(C3CNNC3)c(OC)c2)c1. The fourth-order valence-electron chi connectivity index (χ4n) is 3.12. The van der Waals surface area contributed by atoms with E-state index in [1.54, 1.807) is 14.2 Å². The molecule has 0 saturated carbocycles. The van der Waals surface area contributed by atoms with Crippen molar-refractivity contribution in [1.82, 2.24) is 16.2 Å². The lowest BCUT2D eigenvalue weighted by Gasteiger charge is -2.15. The van der Waals surface area contributed by atoms with Crippen LogP contribution >= 0.6 is 0 Å². The zero-order valence-corrected chi connectivity index (χ0v) is 15.2. The summed E-state index contributed by atoms with van der Waals surface area (Å²) in [6, 6.07) is 13.5. The van der Waals surface area contributed by atoms with Gasteiger partial charge in [-0.1, -0.05) is 18.2 Å². The first kappa shape index (κ1) is 18.2. The second-order valence-electron chi connectivity index (χ2n) is 6.27. The maximum absolute atomic E-state index is 12.4. The Balaban J connectivity index is 1.60. The Morgan fingerprint density at radius 1 is 1.12 bits per heavy atom. The van der Waals surface area contributed by atoms with E-state index in [1.807, 2.05) is 42.5 Å². The molecule has 26 heavy (non-hydrogen) atoms. The number of nitrogens with one attached hydrogen (secondary N) is 3. The van der Waals surface area contributed by atoms with Gasteiger partial charge in [0.25, 0.3) is 5.91 Å². The van der Waals surface area contributed by atoms with Crippen LogP contribution in [0.15, 0.2) is 42.5 Å². The number of amides is 1. The number of rotatable bonds is 7. The van der Waals surface area contributed by atoms with E-state index in [4.69, 9.17) is 9.47 Å². The van der Waals surface area contributed by atoms with Crippen LogP contribution in [-0.4, -0.2) is 39.8 Å². The molecule has 0 atom stereocenters. The molecule has 1 saturated heterocycles. The Labute approximate surface area is 153 Å². The quantitative estimate of drug-likeness (QED) is 0.707. The van der Waals surface area contributed by atoms with Crippen molar-refractivity contribution < 1.29 is 14.3 Å². The molecule has 2 aromatic carbocycles. The van der Waals surface area contributed by atoms with Crippen LogP contribution in [0.4, 0.5) is 0 Å². The zero-order valence-electron chi connectivity index (χ0n) is 15.2. The van der Waals surface area contributed by atoms with Crippen molar-refractivity contribution in [2.45, 2.75) is 12.3 Å². The molecule has 1 heterocycles. The van der Waals surface area contributed by atoms with Gasteiger partial charge >= 0.3 is 0 Å². The van der Waals surface area contributed by atoms with Crippen LogP contribution in [0.25, 0.3) is 0 Å². The van der Waals surface area contributed by atoms with Gasteiger partial charge < -0.3 is 14.8 Å². The highest BCUT2D eigenvalue weighted by atomic mass is 16.5. The summed E-state index contributed by atoms with van der Waals surface area (Å²) in [7, 11) is 3.29. The van der Waals surface area contributed by atoms with E-state index in [0.717, 1.165) is 42.1 Å². The first-order valence-corrected chi connectivity index (χ1v) is 8.76. The molecular weight excluding hydrogens is 330 g/mol. The number of hydrogen-bond acceptors (Lipinski definition) is 5. The maximum Gasteiger partial charge on any atom is 0.251 e. The number of carbonyl (C=O) groups excluding carboxylic acids is 1. The summed E-state index contributed by atoms with van der Waals surface area (Å²) in [5.41, 5.74) is 9.07. The van der Waals surface area contributed by atoms with Crippen LogP contribution in [0.2, 0.25) is 0 Å². The fourth-order valence-corrected chi connectivity index (χ4v) is 3.12. The van der Waals surface area contributed by atoms with Gasteiger partial charge in [0, 0.05) is 31.1 Å². The van der Waals surface area contributed by atoms with E-state index in [9.17, 15) is 4.79 Å². The number of methoxy groups -OCH3 is 2. The maximum atomic E-state index is 12.4. The highest BCUT2D eigenvalue weighted by molar-refractivity contribution is 5.94. The van der Waals surface area contributed by atoms with E-state index in [-0.39, 0.29) is 5.91 Å². The normalized spacial score (nSPS) is 14.2. The van der Waals surface area contributed by atoms with Crippen LogP contribution in [0.3, 0.4) is 0 Å². The third-order valence-electron chi connectivity index (χ3n) is 4.59. The van der Waals surface area contributed by atoms with E-state index in [1.165, 1.54) is 0 Å². The van der Waals surface area contributed by atoms with Crippen molar-refractivity contribution in [3.05, 3.63) is 59.2 Å². The van der Waals surface area contributed by atoms with Crippen molar-refractivity contribution >= 4 is 5.91 Å². The summed E-state index contributed by atoms with van der Waals surface area (Å²) in [6.45, 7) is 2.26. The molecule has 3 N–H and O–H groups in total. The molecule has 1 aliphatic rings. The van der Waals surface area contributed by atoms with Gasteiger partial charge in [-0.3, -0.25) is 15.6 Å². The van der Waals surface area contributed by atoms with Gasteiger partial charge in [0.2, 0.25) is 0 Å². The van der Waals surface area contributed by atoms with Crippen molar-refractivity contribution in [1.29, 1.82) is 0 Å². The van der Waals surface area contributed by atoms with Gasteiger partial charge in [-0.05, 0) is 41.8 Å². The van der Waals surface area contributed by atoms with Gasteiger partial charge in [-0.25, -0.2) is 0 Å². The Morgan fingerprint density at radius 2 is 1.92 bits per heavy atom. The van der Waals surface area contributed by atoms with Crippen LogP contribution in [-0.2, 0) is 6.42 Å². The van der Waals surface area contributed by atoms with Crippen molar-refractivity contribution in [2.75, 3.05) is 33.9 Å². The van der Waals surface area contributed by atoms with Crippen LogP contribution in [0.1, 0.15) is 27.4 Å². The molecule has 1 fully saturated rings. The first-order chi connectivity index (χ1) is 12.7. The molecular formula is C20H25N3O3. The van der Waals surface area contributed by atoms with Crippen LogP contribution < -0.4 is 25.6 Å². The average Bonchev–Trinajstić information content (AvgIpc) is 3.22. The Hall–Kier alpha value is -2.57.